The number of benzene rings is 1. The van der Waals surface area contributed by atoms with Crippen LogP contribution in [0.25, 0.3) is 0 Å². The molecule has 0 radical (unpaired) electrons. The molecular weight excluding hydrogens is 339 g/mol. The van der Waals surface area contributed by atoms with Crippen LogP contribution in [0.1, 0.15) is 18.9 Å². The first kappa shape index (κ1) is 20.7. The molecule has 0 heterocycles. The van der Waals surface area contributed by atoms with Crippen LogP contribution >= 0.6 is 0 Å². The van der Waals surface area contributed by atoms with E-state index in [-0.39, 0.29) is 19.0 Å². The molecule has 1 aromatic carbocycles. The minimum Gasteiger partial charge on any atom is -0.496 e. The van der Waals surface area contributed by atoms with Gasteiger partial charge in [-0.25, -0.2) is 4.99 Å². The van der Waals surface area contributed by atoms with Crippen molar-refractivity contribution in [3.8, 4) is 17.2 Å². The SMILES string of the molecule is CCNC(=NCc1c(OC)cc(OC)cc1OC)NCCC(F)(F)F. The summed E-state index contributed by atoms with van der Waals surface area (Å²) in [6.07, 6.45) is -5.15. The fraction of sp³-hybridized carbons (Fsp3) is 0.562. The lowest BCUT2D eigenvalue weighted by Crippen LogP contribution is -2.38. The standard InChI is InChI=1S/C16H24F3N3O3/c1-5-20-15(21-7-6-16(17,18)19)22-10-12-13(24-3)8-11(23-2)9-14(12)25-4/h8-9H,5-7,10H2,1-4H3,(H2,20,21,22). The number of alkyl halides is 3. The Hall–Kier alpha value is -2.32. The van der Waals surface area contributed by atoms with E-state index in [0.29, 0.717) is 29.4 Å². The van der Waals surface area contributed by atoms with Gasteiger partial charge in [-0.2, -0.15) is 13.2 Å². The van der Waals surface area contributed by atoms with Crippen LogP contribution < -0.4 is 24.8 Å². The molecule has 25 heavy (non-hydrogen) atoms. The van der Waals surface area contributed by atoms with Gasteiger partial charge in [-0.05, 0) is 6.92 Å². The first-order valence-corrected chi connectivity index (χ1v) is 7.72. The molecule has 0 spiro atoms. The number of nitrogens with zero attached hydrogens (tertiary/aromatic N) is 1. The molecule has 0 aliphatic heterocycles. The van der Waals surface area contributed by atoms with E-state index in [1.54, 1.807) is 12.1 Å². The lowest BCUT2D eigenvalue weighted by atomic mass is 10.1. The Morgan fingerprint density at radius 1 is 1.04 bits per heavy atom. The van der Waals surface area contributed by atoms with Crippen LogP contribution in [0.5, 0.6) is 17.2 Å². The number of methoxy groups -OCH3 is 3. The van der Waals surface area contributed by atoms with Crippen molar-refractivity contribution >= 4 is 5.96 Å². The molecule has 1 aromatic rings. The molecule has 0 saturated heterocycles. The summed E-state index contributed by atoms with van der Waals surface area (Å²) in [5.41, 5.74) is 0.666. The molecule has 9 heteroatoms. The number of rotatable bonds is 8. The van der Waals surface area contributed by atoms with E-state index in [1.807, 2.05) is 6.92 Å². The van der Waals surface area contributed by atoms with Crippen LogP contribution in [0.2, 0.25) is 0 Å². The lowest BCUT2D eigenvalue weighted by Gasteiger charge is -2.15. The summed E-state index contributed by atoms with van der Waals surface area (Å²) in [5, 5.41) is 5.56. The largest absolute Gasteiger partial charge is 0.496 e. The summed E-state index contributed by atoms with van der Waals surface area (Å²) < 4.78 is 52.6. The number of hydrogen-bond donors (Lipinski definition) is 2. The summed E-state index contributed by atoms with van der Waals surface area (Å²) in [6, 6.07) is 3.38. The zero-order valence-corrected chi connectivity index (χ0v) is 14.8. The summed E-state index contributed by atoms with van der Waals surface area (Å²) in [6.45, 7) is 2.26. The second kappa shape index (κ2) is 9.85. The third kappa shape index (κ3) is 6.98. The highest BCUT2D eigenvalue weighted by Crippen LogP contribution is 2.34. The Morgan fingerprint density at radius 3 is 2.08 bits per heavy atom. The monoisotopic (exact) mass is 363 g/mol. The van der Waals surface area contributed by atoms with Gasteiger partial charge < -0.3 is 24.8 Å². The first-order chi connectivity index (χ1) is 11.8. The Labute approximate surface area is 145 Å². The van der Waals surface area contributed by atoms with E-state index in [2.05, 4.69) is 15.6 Å². The molecule has 0 amide bonds. The average molecular weight is 363 g/mol. The minimum atomic E-state index is -4.22. The predicted molar refractivity (Wildman–Crippen MR) is 89.6 cm³/mol. The Balaban J connectivity index is 2.94. The third-order valence-corrected chi connectivity index (χ3v) is 3.26. The van der Waals surface area contributed by atoms with Crippen molar-refractivity contribution in [1.29, 1.82) is 0 Å². The van der Waals surface area contributed by atoms with Gasteiger partial charge in [0.15, 0.2) is 5.96 Å². The highest BCUT2D eigenvalue weighted by molar-refractivity contribution is 5.79. The lowest BCUT2D eigenvalue weighted by molar-refractivity contribution is -0.132. The van der Waals surface area contributed by atoms with Gasteiger partial charge in [-0.15, -0.1) is 0 Å². The zero-order valence-electron chi connectivity index (χ0n) is 14.8. The normalized spacial score (nSPS) is 11.9. The molecule has 142 valence electrons. The Morgan fingerprint density at radius 2 is 1.64 bits per heavy atom. The smallest absolute Gasteiger partial charge is 0.390 e. The topological polar surface area (TPSA) is 64.1 Å². The van der Waals surface area contributed by atoms with Gasteiger partial charge in [0.2, 0.25) is 0 Å². The van der Waals surface area contributed by atoms with Gasteiger partial charge in [-0.1, -0.05) is 0 Å². The highest BCUT2D eigenvalue weighted by atomic mass is 19.4. The summed E-state index contributed by atoms with van der Waals surface area (Å²) in [5.74, 6) is 1.89. The Kier molecular flexibility index (Phi) is 8.17. The maximum absolute atomic E-state index is 12.3. The van der Waals surface area contributed by atoms with Crippen molar-refractivity contribution < 1.29 is 27.4 Å². The molecule has 0 aliphatic rings. The van der Waals surface area contributed by atoms with Gasteiger partial charge in [0.1, 0.15) is 17.2 Å². The molecule has 6 nitrogen and oxygen atoms in total. The maximum Gasteiger partial charge on any atom is 0.390 e. The summed E-state index contributed by atoms with van der Waals surface area (Å²) >= 11 is 0. The molecule has 0 fully saturated rings. The van der Waals surface area contributed by atoms with Crippen LogP contribution in [0.15, 0.2) is 17.1 Å². The maximum atomic E-state index is 12.3. The summed E-state index contributed by atoms with van der Waals surface area (Å²) in [4.78, 5) is 4.30. The number of nitrogens with one attached hydrogen (secondary N) is 2. The van der Waals surface area contributed by atoms with E-state index in [4.69, 9.17) is 14.2 Å². The van der Waals surface area contributed by atoms with Crippen LogP contribution in [-0.4, -0.2) is 46.6 Å². The van der Waals surface area contributed by atoms with Gasteiger partial charge >= 0.3 is 6.18 Å². The van der Waals surface area contributed by atoms with Crippen LogP contribution in [-0.2, 0) is 6.54 Å². The van der Waals surface area contributed by atoms with Crippen molar-refractivity contribution in [2.45, 2.75) is 26.1 Å². The quantitative estimate of drug-likeness (QED) is 0.549. The zero-order chi connectivity index (χ0) is 18.9. The van der Waals surface area contributed by atoms with Crippen molar-refractivity contribution in [3.63, 3.8) is 0 Å². The van der Waals surface area contributed by atoms with E-state index >= 15 is 0 Å². The van der Waals surface area contributed by atoms with Crippen molar-refractivity contribution in [3.05, 3.63) is 17.7 Å². The molecule has 0 aliphatic carbocycles. The number of guanidine groups is 1. The second-order valence-corrected chi connectivity index (χ2v) is 5.00. The number of halogens is 3. The van der Waals surface area contributed by atoms with Crippen LogP contribution in [0, 0.1) is 0 Å². The van der Waals surface area contributed by atoms with Crippen molar-refractivity contribution in [2.75, 3.05) is 34.4 Å². The molecule has 0 atom stereocenters. The molecule has 2 N–H and O–H groups in total. The molecule has 1 rings (SSSR count). The average Bonchev–Trinajstić information content (AvgIpc) is 2.57. The van der Waals surface area contributed by atoms with Crippen LogP contribution in [0.3, 0.4) is 0 Å². The number of hydrogen-bond acceptors (Lipinski definition) is 4. The van der Waals surface area contributed by atoms with Gasteiger partial charge in [0.05, 0.1) is 39.9 Å². The highest BCUT2D eigenvalue weighted by Gasteiger charge is 2.26. The molecule has 0 unspecified atom stereocenters. The van der Waals surface area contributed by atoms with Gasteiger partial charge in [0.25, 0.3) is 0 Å². The van der Waals surface area contributed by atoms with E-state index in [0.717, 1.165) is 0 Å². The molecule has 0 bridgehead atoms. The molecular formula is C16H24F3N3O3. The van der Waals surface area contributed by atoms with Crippen molar-refractivity contribution in [1.82, 2.24) is 10.6 Å². The fourth-order valence-corrected chi connectivity index (χ4v) is 2.06. The molecule has 0 aromatic heterocycles. The Bertz CT molecular complexity index is 552. The first-order valence-electron chi connectivity index (χ1n) is 7.72. The third-order valence-electron chi connectivity index (χ3n) is 3.26. The number of ether oxygens (including phenoxy) is 3. The molecule has 0 saturated carbocycles. The van der Waals surface area contributed by atoms with E-state index in [1.165, 1.54) is 21.3 Å². The summed E-state index contributed by atoms with van der Waals surface area (Å²) in [7, 11) is 4.54. The van der Waals surface area contributed by atoms with Gasteiger partial charge in [-0.3, -0.25) is 0 Å². The van der Waals surface area contributed by atoms with Gasteiger partial charge in [0, 0.05) is 25.2 Å². The van der Waals surface area contributed by atoms with Crippen molar-refractivity contribution in [2.24, 2.45) is 4.99 Å². The predicted octanol–water partition coefficient (Wildman–Crippen LogP) is 2.72. The van der Waals surface area contributed by atoms with E-state index in [9.17, 15) is 13.2 Å². The fourth-order valence-electron chi connectivity index (χ4n) is 2.06. The minimum absolute atomic E-state index is 0.164. The number of aliphatic imine (C=N–C) groups is 1. The van der Waals surface area contributed by atoms with E-state index < -0.39 is 12.6 Å². The second-order valence-electron chi connectivity index (χ2n) is 5.00. The van der Waals surface area contributed by atoms with Crippen LogP contribution in [0.4, 0.5) is 13.2 Å².